The fourth-order valence-corrected chi connectivity index (χ4v) is 1.67. The van der Waals surface area contributed by atoms with Crippen molar-refractivity contribution in [3.63, 3.8) is 0 Å². The summed E-state index contributed by atoms with van der Waals surface area (Å²) in [6.45, 7) is 1.87. The van der Waals surface area contributed by atoms with Gasteiger partial charge in [0.1, 0.15) is 5.82 Å². The molecule has 0 radical (unpaired) electrons. The van der Waals surface area contributed by atoms with Crippen molar-refractivity contribution in [2.45, 2.75) is 6.92 Å². The van der Waals surface area contributed by atoms with Crippen molar-refractivity contribution in [1.29, 1.82) is 0 Å². The fourth-order valence-electron chi connectivity index (χ4n) is 1.08. The van der Waals surface area contributed by atoms with Crippen LogP contribution in [0.15, 0.2) is 18.2 Å². The number of carbonyl (C=O) groups is 1. The van der Waals surface area contributed by atoms with Gasteiger partial charge in [-0.25, -0.2) is 9.78 Å². The van der Waals surface area contributed by atoms with E-state index in [0.717, 1.165) is 17.0 Å². The van der Waals surface area contributed by atoms with Crippen molar-refractivity contribution < 1.29 is 9.90 Å². The molecule has 2 aromatic rings. The lowest BCUT2D eigenvalue weighted by Gasteiger charge is -2.00. The monoisotopic (exact) mass is 236 g/mol. The molecule has 6 nitrogen and oxygen atoms in total. The van der Waals surface area contributed by atoms with E-state index in [0.29, 0.717) is 10.9 Å². The molecule has 0 atom stereocenters. The van der Waals surface area contributed by atoms with Crippen LogP contribution in [-0.2, 0) is 0 Å². The first kappa shape index (κ1) is 10.5. The zero-order valence-electron chi connectivity index (χ0n) is 8.34. The number of carboxylic acids is 1. The van der Waals surface area contributed by atoms with E-state index in [9.17, 15) is 4.79 Å². The molecule has 16 heavy (non-hydrogen) atoms. The maximum Gasteiger partial charge on any atom is 0.367 e. The Morgan fingerprint density at radius 2 is 2.25 bits per heavy atom. The summed E-state index contributed by atoms with van der Waals surface area (Å²) in [6.07, 6.45) is 0. The molecule has 2 N–H and O–H groups in total. The predicted molar refractivity (Wildman–Crippen MR) is 59.1 cm³/mol. The number of aromatic nitrogens is 3. The number of nitrogens with zero attached hydrogens (tertiary/aromatic N) is 3. The number of hydrogen-bond donors (Lipinski definition) is 2. The van der Waals surface area contributed by atoms with Gasteiger partial charge in [-0.15, -0.1) is 10.2 Å². The van der Waals surface area contributed by atoms with Crippen molar-refractivity contribution >= 4 is 28.3 Å². The third kappa shape index (κ3) is 2.31. The van der Waals surface area contributed by atoms with Crippen molar-refractivity contribution in [1.82, 2.24) is 15.2 Å². The maximum atomic E-state index is 10.6. The van der Waals surface area contributed by atoms with E-state index < -0.39 is 5.97 Å². The number of pyridine rings is 1. The second-order valence-corrected chi connectivity index (χ2v) is 3.98. The summed E-state index contributed by atoms with van der Waals surface area (Å²) < 4.78 is 0. The number of nitrogens with one attached hydrogen (secondary N) is 1. The van der Waals surface area contributed by atoms with Crippen LogP contribution in [0.3, 0.4) is 0 Å². The second-order valence-electron chi connectivity index (χ2n) is 3.01. The summed E-state index contributed by atoms with van der Waals surface area (Å²) >= 11 is 0.969. The van der Waals surface area contributed by atoms with Gasteiger partial charge in [0.2, 0.25) is 10.1 Å². The smallest absolute Gasteiger partial charge is 0.367 e. The average molecular weight is 236 g/mol. The van der Waals surface area contributed by atoms with Gasteiger partial charge in [-0.2, -0.15) is 0 Å². The van der Waals surface area contributed by atoms with E-state index in [1.165, 1.54) is 0 Å². The average Bonchev–Trinajstić information content (AvgIpc) is 2.66. The van der Waals surface area contributed by atoms with Crippen molar-refractivity contribution in [3.8, 4) is 0 Å². The minimum atomic E-state index is -1.08. The molecule has 0 fully saturated rings. The molecule has 0 bridgehead atoms. The van der Waals surface area contributed by atoms with Gasteiger partial charge in [0, 0.05) is 5.69 Å². The van der Waals surface area contributed by atoms with Gasteiger partial charge in [0.25, 0.3) is 0 Å². The summed E-state index contributed by atoms with van der Waals surface area (Å²) in [4.78, 5) is 14.8. The molecule has 0 unspecified atom stereocenters. The van der Waals surface area contributed by atoms with Gasteiger partial charge in [-0.05, 0) is 19.1 Å². The normalized spacial score (nSPS) is 10.1. The molecule has 0 aliphatic heterocycles. The molecule has 0 spiro atoms. The summed E-state index contributed by atoms with van der Waals surface area (Å²) in [7, 11) is 0. The van der Waals surface area contributed by atoms with Crippen molar-refractivity contribution in [2.24, 2.45) is 0 Å². The molecule has 7 heteroatoms. The highest BCUT2D eigenvalue weighted by Gasteiger charge is 2.10. The number of aryl methyl sites for hydroxylation is 1. The van der Waals surface area contributed by atoms with Crippen molar-refractivity contribution in [3.05, 3.63) is 28.9 Å². The summed E-state index contributed by atoms with van der Waals surface area (Å²) in [5.74, 6) is -0.462. The predicted octanol–water partition coefficient (Wildman–Crippen LogP) is 1.68. The Labute approximate surface area is 95.0 Å². The molecule has 0 saturated carbocycles. The molecule has 2 heterocycles. The van der Waals surface area contributed by atoms with Gasteiger partial charge >= 0.3 is 5.97 Å². The molecule has 0 saturated heterocycles. The second kappa shape index (κ2) is 4.23. The van der Waals surface area contributed by atoms with Crippen LogP contribution < -0.4 is 5.32 Å². The molecular formula is C9H8N4O2S. The summed E-state index contributed by atoms with van der Waals surface area (Å²) in [5, 5.41) is 19.1. The highest BCUT2D eigenvalue weighted by molar-refractivity contribution is 7.17. The minimum absolute atomic E-state index is 0.0462. The Balaban J connectivity index is 2.17. The molecule has 0 aliphatic rings. The first-order valence-electron chi connectivity index (χ1n) is 4.42. The molecule has 0 aromatic carbocycles. The van der Waals surface area contributed by atoms with Crippen LogP contribution in [0.5, 0.6) is 0 Å². The van der Waals surface area contributed by atoms with Crippen LogP contribution in [-0.4, -0.2) is 26.3 Å². The lowest BCUT2D eigenvalue weighted by Crippen LogP contribution is -1.93. The SMILES string of the molecule is Cc1cccc(Nc2nnc(C(=O)O)s2)n1. The van der Waals surface area contributed by atoms with E-state index in [1.54, 1.807) is 6.07 Å². The highest BCUT2D eigenvalue weighted by atomic mass is 32.1. The van der Waals surface area contributed by atoms with E-state index >= 15 is 0 Å². The van der Waals surface area contributed by atoms with Crippen LogP contribution in [0.1, 0.15) is 15.5 Å². The number of carboxylic acid groups (broad SMARTS) is 1. The van der Waals surface area contributed by atoms with Crippen LogP contribution in [0.4, 0.5) is 10.9 Å². The van der Waals surface area contributed by atoms with E-state index in [2.05, 4.69) is 20.5 Å². The Morgan fingerprint density at radius 3 is 2.88 bits per heavy atom. The summed E-state index contributed by atoms with van der Waals surface area (Å²) in [6, 6.07) is 5.49. The fraction of sp³-hybridized carbons (Fsp3) is 0.111. The highest BCUT2D eigenvalue weighted by Crippen LogP contribution is 2.19. The van der Waals surface area contributed by atoms with Gasteiger partial charge < -0.3 is 10.4 Å². The number of anilines is 2. The van der Waals surface area contributed by atoms with Crippen LogP contribution in [0.25, 0.3) is 0 Å². The van der Waals surface area contributed by atoms with E-state index in [4.69, 9.17) is 5.11 Å². The van der Waals surface area contributed by atoms with Crippen LogP contribution in [0, 0.1) is 6.92 Å². The van der Waals surface area contributed by atoms with Crippen LogP contribution in [0.2, 0.25) is 0 Å². The van der Waals surface area contributed by atoms with Gasteiger partial charge in [0.05, 0.1) is 0 Å². The van der Waals surface area contributed by atoms with Gasteiger partial charge in [0.15, 0.2) is 0 Å². The zero-order valence-corrected chi connectivity index (χ0v) is 9.15. The molecule has 0 aliphatic carbocycles. The zero-order chi connectivity index (χ0) is 11.5. The molecule has 82 valence electrons. The molecule has 2 aromatic heterocycles. The van der Waals surface area contributed by atoms with E-state index in [-0.39, 0.29) is 5.01 Å². The first-order chi connectivity index (χ1) is 7.65. The lowest BCUT2D eigenvalue weighted by atomic mass is 10.4. The van der Waals surface area contributed by atoms with Crippen molar-refractivity contribution in [2.75, 3.05) is 5.32 Å². The summed E-state index contributed by atoms with van der Waals surface area (Å²) in [5.41, 5.74) is 0.868. The maximum absolute atomic E-state index is 10.6. The van der Waals surface area contributed by atoms with E-state index in [1.807, 2.05) is 19.1 Å². The topological polar surface area (TPSA) is 88.0 Å². The molecule has 2 rings (SSSR count). The minimum Gasteiger partial charge on any atom is -0.476 e. The lowest BCUT2D eigenvalue weighted by molar-refractivity contribution is 0.0695. The number of aromatic carboxylic acids is 1. The third-order valence-electron chi connectivity index (χ3n) is 1.73. The number of rotatable bonds is 3. The molecule has 0 amide bonds. The standard InChI is InChI=1S/C9H8N4O2S/c1-5-3-2-4-6(10-5)11-9-13-12-7(16-9)8(14)15/h2-4H,1H3,(H,14,15)(H,10,11,13). The Hall–Kier alpha value is -2.02. The Morgan fingerprint density at radius 1 is 1.44 bits per heavy atom. The van der Waals surface area contributed by atoms with Gasteiger partial charge in [-0.3, -0.25) is 0 Å². The number of hydrogen-bond acceptors (Lipinski definition) is 6. The first-order valence-corrected chi connectivity index (χ1v) is 5.24. The third-order valence-corrected chi connectivity index (χ3v) is 2.56. The largest absolute Gasteiger partial charge is 0.476 e. The van der Waals surface area contributed by atoms with Gasteiger partial charge in [-0.1, -0.05) is 17.4 Å². The Kier molecular flexibility index (Phi) is 2.78. The van der Waals surface area contributed by atoms with Crippen LogP contribution >= 0.6 is 11.3 Å². The molecular weight excluding hydrogens is 228 g/mol. The quantitative estimate of drug-likeness (QED) is 0.843. The Bertz CT molecular complexity index is 526.